The fraction of sp³-hybridized carbons (Fsp3) is 0.500. The van der Waals surface area contributed by atoms with Crippen LogP contribution in [0, 0.1) is 5.92 Å². The van der Waals surface area contributed by atoms with Gasteiger partial charge in [-0.1, -0.05) is 37.0 Å². The molecule has 2 N–H and O–H groups in total. The molecule has 1 aromatic rings. The maximum atomic E-state index is 6.04. The van der Waals surface area contributed by atoms with Crippen LogP contribution in [-0.4, -0.2) is 18.6 Å². The zero-order chi connectivity index (χ0) is 11.6. The molecule has 0 bridgehead atoms. The molecule has 1 heterocycles. The van der Waals surface area contributed by atoms with E-state index >= 15 is 0 Å². The Labute approximate surface area is 100 Å². The fourth-order valence-corrected chi connectivity index (χ4v) is 1.88. The average Bonchev–Trinajstić information content (AvgIpc) is 2.09. The molecule has 0 saturated heterocycles. The summed E-state index contributed by atoms with van der Waals surface area (Å²) in [6, 6.07) is 1.62. The lowest BCUT2D eigenvalue weighted by Gasteiger charge is -2.21. The Hall–Kier alpha value is -0.670. The summed E-state index contributed by atoms with van der Waals surface area (Å²) in [6.45, 7) is 5.13. The first-order valence-corrected chi connectivity index (χ1v) is 5.50. The molecule has 15 heavy (non-hydrogen) atoms. The quantitative estimate of drug-likeness (QED) is 0.893. The third-order valence-corrected chi connectivity index (χ3v) is 2.52. The van der Waals surface area contributed by atoms with Gasteiger partial charge in [0.25, 0.3) is 0 Å². The highest BCUT2D eigenvalue weighted by Crippen LogP contribution is 2.29. The normalized spacial score (nSPS) is 10.8. The number of hydrogen-bond acceptors (Lipinski definition) is 3. The first-order valence-electron chi connectivity index (χ1n) is 4.74. The Kier molecular flexibility index (Phi) is 4.05. The third-order valence-electron chi connectivity index (χ3n) is 1.94. The number of nitrogen functional groups attached to an aromatic ring is 1. The highest BCUT2D eigenvalue weighted by Gasteiger charge is 2.12. The molecule has 0 aromatic carbocycles. The van der Waals surface area contributed by atoms with Crippen LogP contribution >= 0.6 is 23.2 Å². The van der Waals surface area contributed by atoms with Crippen LogP contribution in [0.4, 0.5) is 11.6 Å². The number of rotatable bonds is 3. The molecule has 0 unspecified atom stereocenters. The van der Waals surface area contributed by atoms with Gasteiger partial charge in [-0.3, -0.25) is 0 Å². The first kappa shape index (κ1) is 12.4. The van der Waals surface area contributed by atoms with Gasteiger partial charge in [-0.15, -0.1) is 0 Å². The van der Waals surface area contributed by atoms with Gasteiger partial charge >= 0.3 is 0 Å². The molecule has 3 nitrogen and oxygen atoms in total. The molecule has 0 spiro atoms. The second kappa shape index (κ2) is 4.90. The van der Waals surface area contributed by atoms with Crippen LogP contribution < -0.4 is 10.6 Å². The zero-order valence-electron chi connectivity index (χ0n) is 9.09. The van der Waals surface area contributed by atoms with E-state index < -0.39 is 0 Å². The zero-order valence-corrected chi connectivity index (χ0v) is 10.6. The summed E-state index contributed by atoms with van der Waals surface area (Å²) in [4.78, 5) is 6.14. The van der Waals surface area contributed by atoms with Gasteiger partial charge in [-0.05, 0) is 12.0 Å². The standard InChI is InChI=1S/C10H15Cl2N3/c1-6(2)5-15(3)10-8(12)4-7(11)9(13)14-10/h4,6H,5H2,1-3H3,(H2,13,14). The summed E-state index contributed by atoms with van der Waals surface area (Å²) in [7, 11) is 1.93. The smallest absolute Gasteiger partial charge is 0.149 e. The largest absolute Gasteiger partial charge is 0.382 e. The number of halogens is 2. The van der Waals surface area contributed by atoms with Crippen molar-refractivity contribution in [3.05, 3.63) is 16.1 Å². The lowest BCUT2D eigenvalue weighted by molar-refractivity contribution is 0.635. The summed E-state index contributed by atoms with van der Waals surface area (Å²) >= 11 is 11.8. The topological polar surface area (TPSA) is 42.2 Å². The molecule has 1 rings (SSSR count). The molecule has 0 fully saturated rings. The van der Waals surface area contributed by atoms with Crippen LogP contribution in [0.2, 0.25) is 10.0 Å². The first-order chi connectivity index (χ1) is 6.91. The minimum Gasteiger partial charge on any atom is -0.382 e. The summed E-state index contributed by atoms with van der Waals surface area (Å²) in [5, 5.41) is 0.916. The lowest BCUT2D eigenvalue weighted by Crippen LogP contribution is -2.24. The predicted octanol–water partition coefficient (Wildman–Crippen LogP) is 3.06. The molecule has 0 radical (unpaired) electrons. The van der Waals surface area contributed by atoms with Gasteiger partial charge in [-0.2, -0.15) is 0 Å². The van der Waals surface area contributed by atoms with E-state index in [4.69, 9.17) is 28.9 Å². The van der Waals surface area contributed by atoms with Gasteiger partial charge in [0, 0.05) is 13.6 Å². The Balaban J connectivity index is 2.98. The second-order valence-electron chi connectivity index (χ2n) is 3.94. The van der Waals surface area contributed by atoms with E-state index in [1.165, 1.54) is 0 Å². The lowest BCUT2D eigenvalue weighted by atomic mass is 10.2. The highest BCUT2D eigenvalue weighted by atomic mass is 35.5. The van der Waals surface area contributed by atoms with Crippen LogP contribution in [-0.2, 0) is 0 Å². The van der Waals surface area contributed by atoms with Gasteiger partial charge in [0.05, 0.1) is 10.0 Å². The molecule has 1 aromatic heterocycles. The van der Waals surface area contributed by atoms with Crippen molar-refractivity contribution in [1.29, 1.82) is 0 Å². The van der Waals surface area contributed by atoms with Crippen molar-refractivity contribution in [3.63, 3.8) is 0 Å². The third kappa shape index (κ3) is 3.14. The number of nitrogens with zero attached hydrogens (tertiary/aromatic N) is 2. The van der Waals surface area contributed by atoms with Gasteiger partial charge in [-0.25, -0.2) is 4.98 Å². The van der Waals surface area contributed by atoms with Crippen molar-refractivity contribution in [2.24, 2.45) is 5.92 Å². The Morgan fingerprint density at radius 2 is 2.00 bits per heavy atom. The van der Waals surface area contributed by atoms with Crippen molar-refractivity contribution in [2.45, 2.75) is 13.8 Å². The molecule has 0 saturated carbocycles. The van der Waals surface area contributed by atoms with Gasteiger partial charge in [0.15, 0.2) is 0 Å². The molecule has 0 aliphatic rings. The van der Waals surface area contributed by atoms with Crippen molar-refractivity contribution < 1.29 is 0 Å². The monoisotopic (exact) mass is 247 g/mol. The summed E-state index contributed by atoms with van der Waals surface area (Å²) < 4.78 is 0. The minimum atomic E-state index is 0.312. The summed E-state index contributed by atoms with van der Waals surface area (Å²) in [6.07, 6.45) is 0. The molecule has 0 aliphatic heterocycles. The van der Waals surface area contributed by atoms with Crippen LogP contribution in [0.3, 0.4) is 0 Å². The van der Waals surface area contributed by atoms with Crippen LogP contribution in [0.1, 0.15) is 13.8 Å². The van der Waals surface area contributed by atoms with Gasteiger partial charge in [0.1, 0.15) is 11.6 Å². The highest BCUT2D eigenvalue weighted by molar-refractivity contribution is 6.37. The molecule has 0 amide bonds. The van der Waals surface area contributed by atoms with Crippen LogP contribution in [0.15, 0.2) is 6.07 Å². The average molecular weight is 248 g/mol. The van der Waals surface area contributed by atoms with E-state index in [1.54, 1.807) is 6.07 Å². The van der Waals surface area contributed by atoms with E-state index in [1.807, 2.05) is 11.9 Å². The van der Waals surface area contributed by atoms with Crippen molar-refractivity contribution in [1.82, 2.24) is 4.98 Å². The molecular formula is C10H15Cl2N3. The van der Waals surface area contributed by atoms with Gasteiger partial charge in [0.2, 0.25) is 0 Å². The molecular weight excluding hydrogens is 233 g/mol. The summed E-state index contributed by atoms with van der Waals surface area (Å²) in [5.74, 6) is 1.52. The van der Waals surface area contributed by atoms with Crippen molar-refractivity contribution in [3.8, 4) is 0 Å². The SMILES string of the molecule is CC(C)CN(C)c1nc(N)c(Cl)cc1Cl. The minimum absolute atomic E-state index is 0.312. The molecule has 84 valence electrons. The van der Waals surface area contributed by atoms with E-state index in [9.17, 15) is 0 Å². The number of aromatic nitrogens is 1. The number of nitrogens with two attached hydrogens (primary N) is 1. The fourth-order valence-electron chi connectivity index (χ4n) is 1.37. The Morgan fingerprint density at radius 1 is 1.40 bits per heavy atom. The summed E-state index contributed by atoms with van der Waals surface area (Å²) in [5.41, 5.74) is 5.63. The van der Waals surface area contributed by atoms with E-state index in [0.717, 1.165) is 6.54 Å². The van der Waals surface area contributed by atoms with Crippen molar-refractivity contribution in [2.75, 3.05) is 24.2 Å². The van der Waals surface area contributed by atoms with Gasteiger partial charge < -0.3 is 10.6 Å². The number of hydrogen-bond donors (Lipinski definition) is 1. The van der Waals surface area contributed by atoms with Crippen LogP contribution in [0.5, 0.6) is 0 Å². The number of pyridine rings is 1. The molecule has 0 atom stereocenters. The van der Waals surface area contributed by atoms with E-state index in [0.29, 0.717) is 27.6 Å². The second-order valence-corrected chi connectivity index (χ2v) is 4.75. The van der Waals surface area contributed by atoms with Crippen molar-refractivity contribution >= 4 is 34.8 Å². The predicted molar refractivity (Wildman–Crippen MR) is 66.8 cm³/mol. The van der Waals surface area contributed by atoms with E-state index in [-0.39, 0.29) is 0 Å². The maximum absolute atomic E-state index is 6.04. The maximum Gasteiger partial charge on any atom is 0.149 e. The Bertz CT molecular complexity index is 353. The Morgan fingerprint density at radius 3 is 2.53 bits per heavy atom. The van der Waals surface area contributed by atoms with Crippen LogP contribution in [0.25, 0.3) is 0 Å². The number of anilines is 2. The molecule has 0 aliphatic carbocycles. The molecule has 5 heteroatoms. The van der Waals surface area contributed by atoms with E-state index in [2.05, 4.69) is 18.8 Å².